The lowest BCUT2D eigenvalue weighted by molar-refractivity contribution is -0.157. The maximum Gasteiger partial charge on any atom is 0.407 e. The van der Waals surface area contributed by atoms with E-state index in [0.717, 1.165) is 0 Å². The normalized spacial score (nSPS) is 14.1. The molecule has 0 heterocycles. The molecule has 13 amide bonds. The van der Waals surface area contributed by atoms with Gasteiger partial charge in [0.1, 0.15) is 81.5 Å². The largest absolute Gasteiger partial charge is 0.460 e. The number of primary amides is 1. The van der Waals surface area contributed by atoms with E-state index >= 15 is 0 Å². The monoisotopic (exact) mass is 1610 g/mol. The molecule has 0 aliphatic rings. The number of nitrogens with two attached hydrogens (primary N) is 2. The number of hydrogen-bond donors (Lipinski definition) is 14. The Balaban J connectivity index is 7.63. The van der Waals surface area contributed by atoms with Gasteiger partial charge >= 0.3 is 42.3 Å². The Bertz CT molecular complexity index is 3150. The molecule has 1 unspecified atom stereocenters. The number of nitrogens with one attached hydrogen (secondary N) is 12. The lowest BCUT2D eigenvalue weighted by atomic mass is 10.0. The third kappa shape index (κ3) is 53.3. The highest BCUT2D eigenvalue weighted by Gasteiger charge is 2.37. The summed E-state index contributed by atoms with van der Waals surface area (Å²) in [6, 6.07) is -12.3. The molecule has 0 spiro atoms. The molecule has 0 bridgehead atoms. The first-order valence-corrected chi connectivity index (χ1v) is 38.6. The molecule has 0 aliphatic heterocycles. The van der Waals surface area contributed by atoms with E-state index in [0.29, 0.717) is 6.42 Å². The zero-order valence-corrected chi connectivity index (χ0v) is 71.1. The Hall–Kier alpha value is -9.32. The Kier molecular flexibility index (Phi) is 44.7. The van der Waals surface area contributed by atoms with E-state index in [4.69, 9.17) is 44.6 Å². The number of amides is 13. The predicted octanol–water partition coefficient (Wildman–Crippen LogP) is 4.33. The average Bonchev–Trinajstić information content (AvgIpc) is 0.850. The summed E-state index contributed by atoms with van der Waals surface area (Å²) in [4.78, 5) is 217. The maximum atomic E-state index is 14.9. The van der Waals surface area contributed by atoms with E-state index in [1.165, 1.54) is 13.8 Å². The molecule has 648 valence electrons. The van der Waals surface area contributed by atoms with Gasteiger partial charge in [0.25, 0.3) is 0 Å². The van der Waals surface area contributed by atoms with Gasteiger partial charge in [-0.1, -0.05) is 13.8 Å². The van der Waals surface area contributed by atoms with Crippen LogP contribution in [0, 0.1) is 5.92 Å². The highest BCUT2D eigenvalue weighted by molar-refractivity contribution is 5.99. The fraction of sp³-hybridized carbons (Fsp3) is 0.789. The summed E-state index contributed by atoms with van der Waals surface area (Å²) in [7, 11) is 0. The van der Waals surface area contributed by atoms with Crippen molar-refractivity contribution in [2.75, 3.05) is 32.7 Å². The van der Waals surface area contributed by atoms with Gasteiger partial charge in [0, 0.05) is 32.6 Å². The van der Waals surface area contributed by atoms with Crippen molar-refractivity contribution >= 4 is 95.4 Å². The number of esters is 3. The Morgan fingerprint density at radius 1 is 0.292 bits per heavy atom. The van der Waals surface area contributed by atoms with Crippen molar-refractivity contribution in [1.29, 1.82) is 0 Å². The molecule has 16 N–H and O–H groups in total. The number of carbonyl (C=O) groups is 16. The van der Waals surface area contributed by atoms with Crippen molar-refractivity contribution in [3.63, 3.8) is 0 Å². The van der Waals surface area contributed by atoms with Crippen LogP contribution in [0.25, 0.3) is 0 Å². The average molecular weight is 1610 g/mol. The van der Waals surface area contributed by atoms with Crippen LogP contribution in [0.15, 0.2) is 0 Å². The van der Waals surface area contributed by atoms with Crippen LogP contribution in [0.4, 0.5) is 19.2 Å². The SMILES string of the molecule is CC(C)[C@H](NC(=O)[C@H](CCC(=O)OC(C)(C)C)NC(=O)[C@@H](N)CC(=O)OC(C)(C)C)C(=O)NC(CC(=O)OC(C)(C)C)C(=O)NCC(=O)N[C@@H](CCCCNC(=O)OC(C)(C)C)C(=O)N[C@@H](CCCCNC(=O)OC(C)(C)C)C(=O)N[C@@H](CCCCNC(=O)OC(C)(C)C)C(=O)N[C@@H](CCCCNC(=O)OC(C)(C)C)C(N)=O. The van der Waals surface area contributed by atoms with Crippen molar-refractivity contribution < 1.29 is 110 Å². The second kappa shape index (κ2) is 48.7. The van der Waals surface area contributed by atoms with Crippen molar-refractivity contribution in [3.05, 3.63) is 0 Å². The molecule has 0 saturated carbocycles. The second-order valence-electron chi connectivity index (χ2n) is 34.8. The minimum atomic E-state index is -1.84. The molecule has 0 saturated heterocycles. The third-order valence-corrected chi connectivity index (χ3v) is 14.9. The number of unbranched alkanes of at least 4 members (excludes halogenated alkanes) is 4. The molecule has 0 aromatic rings. The molecule has 0 fully saturated rings. The van der Waals surface area contributed by atoms with Crippen molar-refractivity contribution in [3.8, 4) is 0 Å². The molecule has 0 aliphatic carbocycles. The van der Waals surface area contributed by atoms with Crippen molar-refractivity contribution in [1.82, 2.24) is 63.8 Å². The van der Waals surface area contributed by atoms with E-state index in [-0.39, 0.29) is 96.8 Å². The van der Waals surface area contributed by atoms with Gasteiger partial charge in [0.05, 0.1) is 25.4 Å². The highest BCUT2D eigenvalue weighted by atomic mass is 16.6. The fourth-order valence-corrected chi connectivity index (χ4v) is 10.0. The van der Waals surface area contributed by atoms with Gasteiger partial charge in [-0.05, 0) is 235 Å². The number of ether oxygens (including phenoxy) is 7. The zero-order chi connectivity index (χ0) is 87.2. The molecule has 8 atom stereocenters. The Morgan fingerprint density at radius 3 is 0.912 bits per heavy atom. The first-order chi connectivity index (χ1) is 51.6. The summed E-state index contributed by atoms with van der Waals surface area (Å²) in [6.07, 6.45) is -3.86. The number of alkyl carbamates (subject to hydrolysis) is 4. The van der Waals surface area contributed by atoms with Gasteiger partial charge in [-0.15, -0.1) is 0 Å². The standard InChI is InChI=1S/C76H136N14O23/c1-45(2)57(90-64(101)51(36-37-54(92)107-70(3,4)5)86-59(96)46(77)42-55(93)108-71(6,7)8)65(102)89-52(43-56(94)109-72(9,10)11)60(97)83-44-53(91)84-48(33-25-29-39-80-67(104)111-74(15,16)17)61(98)87-50(35-27-31-41-82-69(106)113-76(21,22)23)63(100)88-49(34-26-30-40-81-68(105)112-75(18,19)20)62(99)85-47(58(78)95)32-24-28-38-79-66(103)110-73(12,13)14/h45-52,57H,24-44,77H2,1-23H3,(H2,78,95)(H,79,103)(H,80,104)(H,81,105)(H,82,106)(H,83,97)(H,84,91)(H,85,99)(H,86,96)(H,87,98)(H,88,100)(H,89,102)(H,90,101)/t46-,47-,48-,49-,50-,51-,52?,57-/m0/s1. The lowest BCUT2D eigenvalue weighted by Gasteiger charge is -2.28. The van der Waals surface area contributed by atoms with E-state index in [9.17, 15) is 76.7 Å². The van der Waals surface area contributed by atoms with E-state index < -0.39 is 221 Å². The van der Waals surface area contributed by atoms with Crippen LogP contribution in [0.2, 0.25) is 0 Å². The minimum absolute atomic E-state index is 0.0105. The topological polar surface area (TPSA) is 534 Å². The molecule has 37 heteroatoms. The van der Waals surface area contributed by atoms with Crippen LogP contribution in [0.5, 0.6) is 0 Å². The van der Waals surface area contributed by atoms with Gasteiger partial charge in [0.2, 0.25) is 53.2 Å². The summed E-state index contributed by atoms with van der Waals surface area (Å²) in [5.41, 5.74) is 5.65. The predicted molar refractivity (Wildman–Crippen MR) is 417 cm³/mol. The van der Waals surface area contributed by atoms with Crippen LogP contribution in [-0.4, -0.2) is 216 Å². The summed E-state index contributed by atoms with van der Waals surface area (Å²) in [5.74, 6) is -12.3. The molecular formula is C76H136N14O23. The summed E-state index contributed by atoms with van der Waals surface area (Å²) in [6.45, 7) is 36.9. The van der Waals surface area contributed by atoms with Crippen LogP contribution < -0.4 is 75.3 Å². The zero-order valence-electron chi connectivity index (χ0n) is 71.1. The van der Waals surface area contributed by atoms with Gasteiger partial charge < -0.3 is 108 Å². The molecule has 0 radical (unpaired) electrons. The molecule has 0 aromatic heterocycles. The van der Waals surface area contributed by atoms with Crippen molar-refractivity contribution in [2.24, 2.45) is 17.4 Å². The molecule has 0 aromatic carbocycles. The smallest absolute Gasteiger partial charge is 0.407 e. The minimum Gasteiger partial charge on any atom is -0.460 e. The number of carbonyl (C=O) groups excluding carboxylic acids is 16. The summed E-state index contributed by atoms with van der Waals surface area (Å²) < 4.78 is 37.5. The molecule has 0 rings (SSSR count). The van der Waals surface area contributed by atoms with E-state index in [1.54, 1.807) is 145 Å². The summed E-state index contributed by atoms with van der Waals surface area (Å²) >= 11 is 0. The molecule has 113 heavy (non-hydrogen) atoms. The molecular weight excluding hydrogens is 1480 g/mol. The van der Waals surface area contributed by atoms with Gasteiger partial charge in [0.15, 0.2) is 0 Å². The van der Waals surface area contributed by atoms with Gasteiger partial charge in [-0.2, -0.15) is 0 Å². The number of hydrogen-bond acceptors (Lipinski definition) is 24. The third-order valence-electron chi connectivity index (χ3n) is 14.9. The number of rotatable bonds is 45. The lowest BCUT2D eigenvalue weighted by Crippen LogP contribution is -2.60. The Labute approximate surface area is 666 Å². The van der Waals surface area contributed by atoms with Gasteiger partial charge in [-0.25, -0.2) is 19.2 Å². The highest BCUT2D eigenvalue weighted by Crippen LogP contribution is 2.18. The fourth-order valence-electron chi connectivity index (χ4n) is 10.0. The quantitative estimate of drug-likeness (QED) is 0.0229. The first kappa shape index (κ1) is 104. The summed E-state index contributed by atoms with van der Waals surface area (Å²) in [5, 5.41) is 30.9. The maximum absolute atomic E-state index is 14.9. The van der Waals surface area contributed by atoms with Crippen LogP contribution in [0.3, 0.4) is 0 Å². The van der Waals surface area contributed by atoms with Gasteiger partial charge in [-0.3, -0.25) is 57.5 Å². The van der Waals surface area contributed by atoms with E-state index in [1.807, 2.05) is 0 Å². The van der Waals surface area contributed by atoms with Crippen LogP contribution >= 0.6 is 0 Å². The second-order valence-corrected chi connectivity index (χ2v) is 34.8. The molecule has 37 nitrogen and oxygen atoms in total. The van der Waals surface area contributed by atoms with Crippen molar-refractivity contribution in [2.45, 2.75) is 350 Å². The van der Waals surface area contributed by atoms with E-state index in [2.05, 4.69) is 63.8 Å². The van der Waals surface area contributed by atoms with Crippen LogP contribution in [-0.2, 0) is 90.7 Å². The Morgan fingerprint density at radius 2 is 0.575 bits per heavy atom. The van der Waals surface area contributed by atoms with Crippen LogP contribution in [0.1, 0.15) is 262 Å². The first-order valence-electron chi connectivity index (χ1n) is 38.6.